The lowest BCUT2D eigenvalue weighted by Crippen LogP contribution is -2.40. The molecule has 0 radical (unpaired) electrons. The molecule has 108 valence electrons. The first-order chi connectivity index (χ1) is 9.67. The molecular weight excluding hydrogens is 252 g/mol. The fraction of sp³-hybridized carbons (Fsp3) is 0.467. The number of unbranched alkanes of at least 4 members (excludes halogenated alkanes) is 1. The standard InChI is InChI=1S/C15H22N4O/c1-3-4-7-11(10-16)17-15(20)14-12-8-5-6-9-13(12)19(2)18-14/h5-6,8-9,11H,3-4,7,10,16H2,1-2H3,(H,17,20). The third-order valence-electron chi connectivity index (χ3n) is 3.50. The van der Waals surface area contributed by atoms with Crippen molar-refractivity contribution in [2.45, 2.75) is 32.2 Å². The van der Waals surface area contributed by atoms with Crippen LogP contribution < -0.4 is 11.1 Å². The first-order valence-corrected chi connectivity index (χ1v) is 7.10. The van der Waals surface area contributed by atoms with Crippen LogP contribution in [0.2, 0.25) is 0 Å². The zero-order valence-corrected chi connectivity index (χ0v) is 12.1. The van der Waals surface area contributed by atoms with Crippen molar-refractivity contribution < 1.29 is 4.79 Å². The van der Waals surface area contributed by atoms with Crippen molar-refractivity contribution in [2.75, 3.05) is 6.54 Å². The highest BCUT2D eigenvalue weighted by molar-refractivity contribution is 6.04. The van der Waals surface area contributed by atoms with Crippen LogP contribution in [0.3, 0.4) is 0 Å². The summed E-state index contributed by atoms with van der Waals surface area (Å²) in [6.07, 6.45) is 3.06. The second-order valence-corrected chi connectivity index (χ2v) is 5.04. The maximum absolute atomic E-state index is 12.4. The zero-order valence-electron chi connectivity index (χ0n) is 12.1. The van der Waals surface area contributed by atoms with Gasteiger partial charge in [0.05, 0.1) is 5.52 Å². The average Bonchev–Trinajstić information content (AvgIpc) is 2.81. The van der Waals surface area contributed by atoms with Crippen molar-refractivity contribution in [3.63, 3.8) is 0 Å². The van der Waals surface area contributed by atoms with Crippen LogP contribution in [0, 0.1) is 0 Å². The lowest BCUT2D eigenvalue weighted by atomic mass is 10.1. The summed E-state index contributed by atoms with van der Waals surface area (Å²) in [5.41, 5.74) is 7.14. The number of para-hydroxylation sites is 1. The van der Waals surface area contributed by atoms with Gasteiger partial charge >= 0.3 is 0 Å². The molecule has 1 aromatic heterocycles. The second-order valence-electron chi connectivity index (χ2n) is 5.04. The van der Waals surface area contributed by atoms with Crippen molar-refractivity contribution in [3.8, 4) is 0 Å². The van der Waals surface area contributed by atoms with Gasteiger partial charge in [-0.15, -0.1) is 0 Å². The predicted molar refractivity (Wildman–Crippen MR) is 80.5 cm³/mol. The summed E-state index contributed by atoms with van der Waals surface area (Å²) >= 11 is 0. The molecule has 5 heteroatoms. The fourth-order valence-electron chi connectivity index (χ4n) is 2.33. The molecule has 1 amide bonds. The molecule has 0 aliphatic heterocycles. The number of aromatic nitrogens is 2. The minimum atomic E-state index is -0.145. The molecule has 0 saturated carbocycles. The molecule has 5 nitrogen and oxygen atoms in total. The molecule has 3 N–H and O–H groups in total. The quantitative estimate of drug-likeness (QED) is 0.844. The highest BCUT2D eigenvalue weighted by Crippen LogP contribution is 2.17. The summed E-state index contributed by atoms with van der Waals surface area (Å²) in [6, 6.07) is 7.74. The normalized spacial score (nSPS) is 12.6. The van der Waals surface area contributed by atoms with Gasteiger partial charge in [0.25, 0.3) is 5.91 Å². The summed E-state index contributed by atoms with van der Waals surface area (Å²) < 4.78 is 1.73. The Morgan fingerprint density at radius 2 is 2.20 bits per heavy atom. The first kappa shape index (κ1) is 14.5. The number of fused-ring (bicyclic) bond motifs is 1. The molecule has 0 fully saturated rings. The van der Waals surface area contributed by atoms with E-state index in [9.17, 15) is 4.79 Å². The molecule has 0 aliphatic carbocycles. The number of nitrogens with zero attached hydrogens (tertiary/aromatic N) is 2. The van der Waals surface area contributed by atoms with Crippen LogP contribution in [-0.2, 0) is 7.05 Å². The van der Waals surface area contributed by atoms with E-state index in [-0.39, 0.29) is 11.9 Å². The summed E-state index contributed by atoms with van der Waals surface area (Å²) in [7, 11) is 1.84. The Balaban J connectivity index is 2.19. The highest BCUT2D eigenvalue weighted by atomic mass is 16.2. The number of hydrogen-bond acceptors (Lipinski definition) is 3. The van der Waals surface area contributed by atoms with Crippen LogP contribution in [0.5, 0.6) is 0 Å². The summed E-state index contributed by atoms with van der Waals surface area (Å²) in [5.74, 6) is -0.145. The topological polar surface area (TPSA) is 72.9 Å². The summed E-state index contributed by atoms with van der Waals surface area (Å²) in [5, 5.41) is 8.18. The maximum Gasteiger partial charge on any atom is 0.272 e. The number of nitrogens with two attached hydrogens (primary N) is 1. The van der Waals surface area contributed by atoms with Gasteiger partial charge < -0.3 is 11.1 Å². The van der Waals surface area contributed by atoms with Crippen LogP contribution in [0.25, 0.3) is 10.9 Å². The number of carbonyl (C=O) groups is 1. The van der Waals surface area contributed by atoms with Gasteiger partial charge in [-0.1, -0.05) is 38.0 Å². The van der Waals surface area contributed by atoms with E-state index in [4.69, 9.17) is 5.73 Å². The first-order valence-electron chi connectivity index (χ1n) is 7.10. The number of carbonyl (C=O) groups excluding carboxylic acids is 1. The molecule has 2 rings (SSSR count). The van der Waals surface area contributed by atoms with Crippen molar-refractivity contribution in [3.05, 3.63) is 30.0 Å². The van der Waals surface area contributed by atoms with Gasteiger partial charge in [-0.25, -0.2) is 0 Å². The molecule has 0 bridgehead atoms. The monoisotopic (exact) mass is 274 g/mol. The van der Waals surface area contributed by atoms with E-state index < -0.39 is 0 Å². The van der Waals surface area contributed by atoms with Gasteiger partial charge in [0.2, 0.25) is 0 Å². The molecule has 1 aromatic carbocycles. The average molecular weight is 274 g/mol. The predicted octanol–water partition coefficient (Wildman–Crippen LogP) is 1.82. The number of benzene rings is 1. The van der Waals surface area contributed by atoms with Crippen molar-refractivity contribution in [1.29, 1.82) is 0 Å². The Morgan fingerprint density at radius 3 is 2.90 bits per heavy atom. The lowest BCUT2D eigenvalue weighted by molar-refractivity contribution is 0.0931. The minimum Gasteiger partial charge on any atom is -0.347 e. The molecule has 2 aromatic rings. The Morgan fingerprint density at radius 1 is 1.45 bits per heavy atom. The number of aryl methyl sites for hydroxylation is 1. The van der Waals surface area contributed by atoms with Crippen LogP contribution in [-0.4, -0.2) is 28.3 Å². The van der Waals surface area contributed by atoms with E-state index in [0.29, 0.717) is 12.2 Å². The van der Waals surface area contributed by atoms with Gasteiger partial charge in [-0.05, 0) is 12.5 Å². The van der Waals surface area contributed by atoms with Crippen LogP contribution >= 0.6 is 0 Å². The smallest absolute Gasteiger partial charge is 0.272 e. The highest BCUT2D eigenvalue weighted by Gasteiger charge is 2.18. The summed E-state index contributed by atoms with van der Waals surface area (Å²) in [6.45, 7) is 2.58. The van der Waals surface area contributed by atoms with Crippen molar-refractivity contribution in [1.82, 2.24) is 15.1 Å². The van der Waals surface area contributed by atoms with E-state index in [1.165, 1.54) is 0 Å². The SMILES string of the molecule is CCCCC(CN)NC(=O)c1nn(C)c2ccccc12. The van der Waals surface area contributed by atoms with Gasteiger partial charge in [0.1, 0.15) is 0 Å². The molecule has 20 heavy (non-hydrogen) atoms. The van der Waals surface area contributed by atoms with Gasteiger partial charge in [0, 0.05) is 25.0 Å². The van der Waals surface area contributed by atoms with Crippen molar-refractivity contribution >= 4 is 16.8 Å². The molecule has 0 saturated heterocycles. The fourth-order valence-corrected chi connectivity index (χ4v) is 2.33. The Bertz CT molecular complexity index is 591. The lowest BCUT2D eigenvalue weighted by Gasteiger charge is -2.15. The number of rotatable bonds is 6. The number of nitrogens with one attached hydrogen (secondary N) is 1. The minimum absolute atomic E-state index is 0.0169. The Kier molecular flexibility index (Phi) is 4.74. The molecular formula is C15H22N4O. The molecule has 1 atom stereocenters. The maximum atomic E-state index is 12.4. The Labute approximate surface area is 119 Å². The van der Waals surface area contributed by atoms with E-state index in [2.05, 4.69) is 17.3 Å². The van der Waals surface area contributed by atoms with E-state index in [1.54, 1.807) is 4.68 Å². The van der Waals surface area contributed by atoms with Gasteiger partial charge in [-0.3, -0.25) is 9.48 Å². The zero-order chi connectivity index (χ0) is 14.5. The van der Waals surface area contributed by atoms with Gasteiger partial charge in [-0.2, -0.15) is 5.10 Å². The van der Waals surface area contributed by atoms with Crippen LogP contribution in [0.1, 0.15) is 36.7 Å². The summed E-state index contributed by atoms with van der Waals surface area (Å²) in [4.78, 5) is 12.4. The van der Waals surface area contributed by atoms with E-state index in [1.807, 2.05) is 31.3 Å². The largest absolute Gasteiger partial charge is 0.347 e. The molecule has 0 spiro atoms. The molecule has 1 unspecified atom stereocenters. The Hall–Kier alpha value is -1.88. The number of amides is 1. The number of hydrogen-bond donors (Lipinski definition) is 2. The van der Waals surface area contributed by atoms with E-state index >= 15 is 0 Å². The van der Waals surface area contributed by atoms with E-state index in [0.717, 1.165) is 30.2 Å². The second kappa shape index (κ2) is 6.52. The van der Waals surface area contributed by atoms with Crippen LogP contribution in [0.15, 0.2) is 24.3 Å². The third-order valence-corrected chi connectivity index (χ3v) is 3.50. The molecule has 1 heterocycles. The third kappa shape index (κ3) is 2.99. The van der Waals surface area contributed by atoms with Crippen LogP contribution in [0.4, 0.5) is 0 Å². The van der Waals surface area contributed by atoms with Crippen molar-refractivity contribution in [2.24, 2.45) is 12.8 Å². The van der Waals surface area contributed by atoms with Gasteiger partial charge in [0.15, 0.2) is 5.69 Å². The molecule has 0 aliphatic rings.